The minimum atomic E-state index is -1.08. The Balaban J connectivity index is 1.49. The van der Waals surface area contributed by atoms with Crippen LogP contribution in [-0.2, 0) is 51.7 Å². The Morgan fingerprint density at radius 2 is 1.06 bits per heavy atom. The Morgan fingerprint density at radius 1 is 0.611 bits per heavy atom. The van der Waals surface area contributed by atoms with E-state index < -0.39 is 23.7 Å². The number of nitrogens with one attached hydrogen (secondary N) is 1. The van der Waals surface area contributed by atoms with Crippen molar-refractivity contribution < 1.29 is 33.3 Å². The first-order chi connectivity index (χ1) is 25.9. The summed E-state index contributed by atoms with van der Waals surface area (Å²) >= 11 is 0. The molecule has 280 valence electrons. The predicted molar refractivity (Wildman–Crippen MR) is 210 cm³/mol. The number of Topliss-reactive ketones (excluding diaryl/α,β-unsaturated/α-hetero) is 1. The van der Waals surface area contributed by atoms with E-state index in [1.165, 1.54) is 0 Å². The van der Waals surface area contributed by atoms with Gasteiger partial charge < -0.3 is 24.3 Å². The van der Waals surface area contributed by atoms with E-state index in [2.05, 4.69) is 5.32 Å². The molecule has 0 bridgehead atoms. The van der Waals surface area contributed by atoms with Gasteiger partial charge in [0.2, 0.25) is 0 Å². The molecule has 54 heavy (non-hydrogen) atoms. The lowest BCUT2D eigenvalue weighted by Crippen LogP contribution is -2.45. The Bertz CT molecular complexity index is 1990. The molecule has 1 N–H and O–H groups in total. The highest BCUT2D eigenvalue weighted by Crippen LogP contribution is 2.33. The molecule has 0 aliphatic heterocycles. The molecule has 5 aromatic rings. The number of carbonyl (C=O) groups excluding carboxylic acids is 3. The van der Waals surface area contributed by atoms with Gasteiger partial charge in [-0.3, -0.25) is 4.79 Å². The first kappa shape index (κ1) is 39.3. The molecule has 0 radical (unpaired) electrons. The van der Waals surface area contributed by atoms with Crippen LogP contribution in [0.3, 0.4) is 0 Å². The Kier molecular flexibility index (Phi) is 13.6. The molecule has 0 saturated carbocycles. The van der Waals surface area contributed by atoms with Crippen molar-refractivity contribution in [3.63, 3.8) is 0 Å². The van der Waals surface area contributed by atoms with Crippen LogP contribution in [0.1, 0.15) is 62.4 Å². The summed E-state index contributed by atoms with van der Waals surface area (Å²) in [5.74, 6) is 0.554. The van der Waals surface area contributed by atoms with Gasteiger partial charge in [0.15, 0.2) is 0 Å². The molecule has 1 amide bonds. The van der Waals surface area contributed by atoms with E-state index in [1.807, 2.05) is 134 Å². The van der Waals surface area contributed by atoms with Crippen LogP contribution in [0.2, 0.25) is 0 Å². The third-order valence-electron chi connectivity index (χ3n) is 8.77. The average Bonchev–Trinajstić information content (AvgIpc) is 3.16. The van der Waals surface area contributed by atoms with Crippen LogP contribution in [0.5, 0.6) is 11.5 Å². The summed E-state index contributed by atoms with van der Waals surface area (Å²) in [6, 6.07) is 39.8. The average molecular weight is 728 g/mol. The maximum Gasteiger partial charge on any atom is 0.408 e. The second-order valence-corrected chi connectivity index (χ2v) is 14.4. The van der Waals surface area contributed by atoms with Gasteiger partial charge in [-0.05, 0) is 97.3 Å². The number of carbonyl (C=O) groups is 3. The highest BCUT2D eigenvalue weighted by Gasteiger charge is 2.28. The lowest BCUT2D eigenvalue weighted by molar-refractivity contribution is -0.147. The van der Waals surface area contributed by atoms with Crippen molar-refractivity contribution in [3.8, 4) is 22.6 Å². The quantitative estimate of drug-likeness (QED) is 0.101. The first-order valence-corrected chi connectivity index (χ1v) is 18.2. The fourth-order valence-corrected chi connectivity index (χ4v) is 5.76. The van der Waals surface area contributed by atoms with Crippen molar-refractivity contribution in [1.29, 1.82) is 0 Å². The number of amides is 1. The maximum atomic E-state index is 13.7. The van der Waals surface area contributed by atoms with Crippen molar-refractivity contribution in [2.75, 3.05) is 0 Å². The number of alkyl carbamates (subject to hydrolysis) is 1. The van der Waals surface area contributed by atoms with Gasteiger partial charge in [0.05, 0.1) is 0 Å². The molecule has 0 fully saturated rings. The molecule has 0 aliphatic carbocycles. The molecule has 8 nitrogen and oxygen atoms in total. The van der Waals surface area contributed by atoms with Crippen LogP contribution < -0.4 is 14.8 Å². The molecule has 0 aromatic heterocycles. The zero-order valence-electron chi connectivity index (χ0n) is 31.7. The second-order valence-electron chi connectivity index (χ2n) is 14.4. The summed E-state index contributed by atoms with van der Waals surface area (Å²) in [5, 5.41) is 2.75. The molecule has 2 atom stereocenters. The SMILES string of the molecule is CC(=O)[C@@H](C)Cc1cc(-c2ccc(OCc3ccccc3)c(C[C@@H](NC(=O)OC(C)(C)C)C(=O)OCc3ccccc3)c2)ccc1OCc1ccccc1. The summed E-state index contributed by atoms with van der Waals surface area (Å²) in [6.45, 7) is 9.55. The number of hydrogen-bond acceptors (Lipinski definition) is 7. The van der Waals surface area contributed by atoms with E-state index in [4.69, 9.17) is 18.9 Å². The van der Waals surface area contributed by atoms with Crippen molar-refractivity contribution >= 4 is 17.8 Å². The minimum Gasteiger partial charge on any atom is -0.489 e. The van der Waals surface area contributed by atoms with E-state index >= 15 is 0 Å². The molecule has 5 rings (SSSR count). The molecule has 0 spiro atoms. The third kappa shape index (κ3) is 12.1. The summed E-state index contributed by atoms with van der Waals surface area (Å²) in [5.41, 5.74) is 5.41. The molecule has 0 saturated heterocycles. The van der Waals surface area contributed by atoms with Gasteiger partial charge in [-0.1, -0.05) is 110 Å². The van der Waals surface area contributed by atoms with Crippen LogP contribution >= 0.6 is 0 Å². The normalized spacial score (nSPS) is 12.2. The first-order valence-electron chi connectivity index (χ1n) is 18.2. The van der Waals surface area contributed by atoms with E-state index in [9.17, 15) is 14.4 Å². The van der Waals surface area contributed by atoms with Crippen LogP contribution in [0.15, 0.2) is 127 Å². The molecular formula is C46H49NO7. The van der Waals surface area contributed by atoms with E-state index in [0.29, 0.717) is 36.7 Å². The molecular weight excluding hydrogens is 679 g/mol. The summed E-state index contributed by atoms with van der Waals surface area (Å²) in [7, 11) is 0. The highest BCUT2D eigenvalue weighted by molar-refractivity contribution is 5.82. The zero-order chi connectivity index (χ0) is 38.5. The molecule has 0 heterocycles. The van der Waals surface area contributed by atoms with Crippen molar-refractivity contribution in [3.05, 3.63) is 155 Å². The van der Waals surface area contributed by atoms with E-state index in [-0.39, 0.29) is 24.7 Å². The van der Waals surface area contributed by atoms with Crippen molar-refractivity contribution in [2.24, 2.45) is 5.92 Å². The molecule has 5 aromatic carbocycles. The summed E-state index contributed by atoms with van der Waals surface area (Å²) < 4.78 is 23.9. The Morgan fingerprint density at radius 3 is 1.50 bits per heavy atom. The monoisotopic (exact) mass is 727 g/mol. The fraction of sp³-hybridized carbons (Fsp3) is 0.283. The summed E-state index contributed by atoms with van der Waals surface area (Å²) in [6.07, 6.45) is -0.160. The Labute approximate surface area is 318 Å². The lowest BCUT2D eigenvalue weighted by Gasteiger charge is -2.24. The predicted octanol–water partition coefficient (Wildman–Crippen LogP) is 9.46. The largest absolute Gasteiger partial charge is 0.489 e. The van der Waals surface area contributed by atoms with Crippen LogP contribution in [-0.4, -0.2) is 29.5 Å². The van der Waals surface area contributed by atoms with Crippen LogP contribution in [0.4, 0.5) is 4.79 Å². The third-order valence-corrected chi connectivity index (χ3v) is 8.77. The van der Waals surface area contributed by atoms with E-state index in [0.717, 1.165) is 33.4 Å². The lowest BCUT2D eigenvalue weighted by atomic mass is 9.93. The van der Waals surface area contributed by atoms with Gasteiger partial charge >= 0.3 is 12.1 Å². The fourth-order valence-electron chi connectivity index (χ4n) is 5.76. The van der Waals surface area contributed by atoms with Crippen molar-refractivity contribution in [2.45, 2.75) is 78.9 Å². The molecule has 0 unspecified atom stereocenters. The standard InChI is InChI=1S/C46H49NO7/c1-32(33(2)48)25-39-26-37(21-23-42(39)51-29-34-15-9-6-10-16-34)38-22-24-43(52-30-35-17-11-7-12-18-35)40(27-38)28-41(47-45(50)54-46(3,4)5)44(49)53-31-36-19-13-8-14-20-36/h6-24,26-27,32,41H,25,28-31H2,1-5H3,(H,47,50)/t32-,41+/m0/s1. The minimum absolute atomic E-state index is 0.0454. The Hall–Kier alpha value is -5.89. The number of esters is 1. The van der Waals surface area contributed by atoms with Crippen molar-refractivity contribution in [1.82, 2.24) is 5.32 Å². The van der Waals surface area contributed by atoms with Gasteiger partial charge in [-0.15, -0.1) is 0 Å². The smallest absolute Gasteiger partial charge is 0.408 e. The molecule has 8 heteroatoms. The number of ketones is 1. The topological polar surface area (TPSA) is 100 Å². The summed E-state index contributed by atoms with van der Waals surface area (Å²) in [4.78, 5) is 39.1. The number of rotatable bonds is 16. The van der Waals surface area contributed by atoms with E-state index in [1.54, 1.807) is 27.7 Å². The van der Waals surface area contributed by atoms with Gasteiger partial charge in [-0.2, -0.15) is 0 Å². The highest BCUT2D eigenvalue weighted by atomic mass is 16.6. The molecule has 0 aliphatic rings. The number of hydrogen-bond donors (Lipinski definition) is 1. The second kappa shape index (κ2) is 18.7. The number of benzene rings is 5. The van der Waals surface area contributed by atoms with Gasteiger partial charge in [0, 0.05) is 12.3 Å². The number of ether oxygens (including phenoxy) is 4. The van der Waals surface area contributed by atoms with Gasteiger partial charge in [0.1, 0.15) is 48.7 Å². The van der Waals surface area contributed by atoms with Gasteiger partial charge in [-0.25, -0.2) is 9.59 Å². The van der Waals surface area contributed by atoms with Crippen LogP contribution in [0.25, 0.3) is 11.1 Å². The maximum absolute atomic E-state index is 13.7. The zero-order valence-corrected chi connectivity index (χ0v) is 31.7. The van der Waals surface area contributed by atoms with Gasteiger partial charge in [0.25, 0.3) is 0 Å². The van der Waals surface area contributed by atoms with Crippen LogP contribution in [0, 0.1) is 5.92 Å².